The molecule has 12 heteroatoms. The van der Waals surface area contributed by atoms with E-state index in [0.717, 1.165) is 36.0 Å². The second-order valence-corrected chi connectivity index (χ2v) is 13.9. The smallest absolute Gasteiger partial charge is 0.269 e. The summed E-state index contributed by atoms with van der Waals surface area (Å²) in [5.74, 6) is -0.398. The highest BCUT2D eigenvalue weighted by atomic mass is 32.2. The number of nitrogens with zero attached hydrogens (tertiary/aromatic N) is 6. The van der Waals surface area contributed by atoms with E-state index in [1.807, 2.05) is 11.0 Å². The Morgan fingerprint density at radius 1 is 1.00 bits per heavy atom. The van der Waals surface area contributed by atoms with Crippen molar-refractivity contribution in [3.63, 3.8) is 0 Å². The third-order valence-electron chi connectivity index (χ3n) is 8.16. The lowest BCUT2D eigenvalue weighted by molar-refractivity contribution is 0.0591. The van der Waals surface area contributed by atoms with Gasteiger partial charge in [0.1, 0.15) is 5.82 Å². The third-order valence-corrected chi connectivity index (χ3v) is 9.94. The van der Waals surface area contributed by atoms with Crippen LogP contribution < -0.4 is 13.9 Å². The SMILES string of the molecule is COc1ncc(N2CCOCC2)cc1S(=O)(=O)N(C)c1ccnc(-c2ccc(CN3CCN(C(C)(C)C)CC3)cc2F)c1. The van der Waals surface area contributed by atoms with E-state index >= 15 is 4.39 Å². The molecular weight excluding hydrogens is 571 g/mol. The first kappa shape index (κ1) is 31.1. The first-order chi connectivity index (χ1) is 20.5. The number of sulfonamides is 1. The summed E-state index contributed by atoms with van der Waals surface area (Å²) in [6.45, 7) is 13.6. The van der Waals surface area contributed by atoms with Crippen LogP contribution in [0.4, 0.5) is 15.8 Å². The minimum atomic E-state index is -4.08. The second-order valence-electron chi connectivity index (χ2n) is 11.9. The van der Waals surface area contributed by atoms with Crippen molar-refractivity contribution in [2.45, 2.75) is 37.8 Å². The standard InChI is InChI=1S/C31H41FN6O4S/c1-31(2,3)38-12-10-36(11-13-38)22-23-6-7-26(27(32)18-23)28-19-24(8-9-33-28)35(4)43(39,40)29-20-25(21-34-30(29)41-5)37-14-16-42-17-15-37/h6-9,18-21H,10-17,22H2,1-5H3. The van der Waals surface area contributed by atoms with Gasteiger partial charge in [0.2, 0.25) is 5.88 Å². The van der Waals surface area contributed by atoms with E-state index in [1.54, 1.807) is 36.5 Å². The van der Waals surface area contributed by atoms with Gasteiger partial charge in [-0.05, 0) is 56.7 Å². The minimum Gasteiger partial charge on any atom is -0.480 e. The Bertz CT molecular complexity index is 1530. The van der Waals surface area contributed by atoms with Crippen LogP contribution in [0.25, 0.3) is 11.3 Å². The molecule has 0 saturated carbocycles. The van der Waals surface area contributed by atoms with Crippen molar-refractivity contribution >= 4 is 21.4 Å². The zero-order valence-electron chi connectivity index (χ0n) is 25.6. The molecule has 0 aliphatic carbocycles. The number of piperazine rings is 1. The molecule has 0 amide bonds. The molecule has 43 heavy (non-hydrogen) atoms. The first-order valence-corrected chi connectivity index (χ1v) is 16.0. The number of pyridine rings is 2. The number of hydrogen-bond acceptors (Lipinski definition) is 9. The Morgan fingerprint density at radius 2 is 1.72 bits per heavy atom. The molecule has 2 aliphatic rings. The van der Waals surface area contributed by atoms with Gasteiger partial charge in [0, 0.05) is 70.2 Å². The molecule has 232 valence electrons. The number of ether oxygens (including phenoxy) is 2. The molecule has 3 aromatic rings. The van der Waals surface area contributed by atoms with Crippen LogP contribution >= 0.6 is 0 Å². The lowest BCUT2D eigenvalue weighted by Crippen LogP contribution is -2.53. The highest BCUT2D eigenvalue weighted by Gasteiger charge is 2.29. The van der Waals surface area contributed by atoms with Gasteiger partial charge in [0.25, 0.3) is 10.0 Å². The molecule has 2 saturated heterocycles. The maximum atomic E-state index is 15.4. The van der Waals surface area contributed by atoms with Crippen LogP contribution in [0.3, 0.4) is 0 Å². The number of benzene rings is 1. The molecule has 1 aromatic carbocycles. The summed E-state index contributed by atoms with van der Waals surface area (Å²) < 4.78 is 55.0. The molecule has 2 aliphatic heterocycles. The average Bonchev–Trinajstić information content (AvgIpc) is 3.00. The quantitative estimate of drug-likeness (QED) is 0.376. The molecule has 10 nitrogen and oxygen atoms in total. The van der Waals surface area contributed by atoms with Gasteiger partial charge in [-0.2, -0.15) is 0 Å². The maximum absolute atomic E-state index is 15.4. The minimum absolute atomic E-state index is 0.000378. The number of anilines is 2. The van der Waals surface area contributed by atoms with E-state index < -0.39 is 15.8 Å². The van der Waals surface area contributed by atoms with Gasteiger partial charge in [0.15, 0.2) is 4.90 Å². The predicted molar refractivity (Wildman–Crippen MR) is 166 cm³/mol. The molecule has 0 unspecified atom stereocenters. The van der Waals surface area contributed by atoms with Gasteiger partial charge in [0.05, 0.1) is 43.6 Å². The van der Waals surface area contributed by atoms with Gasteiger partial charge in [-0.1, -0.05) is 6.07 Å². The van der Waals surface area contributed by atoms with Crippen molar-refractivity contribution in [1.82, 2.24) is 19.8 Å². The van der Waals surface area contributed by atoms with Gasteiger partial charge in [-0.15, -0.1) is 0 Å². The molecule has 5 rings (SSSR count). The summed E-state index contributed by atoms with van der Waals surface area (Å²) in [7, 11) is -1.24. The zero-order valence-corrected chi connectivity index (χ0v) is 26.4. The number of methoxy groups -OCH3 is 1. The highest BCUT2D eigenvalue weighted by Crippen LogP contribution is 2.33. The van der Waals surface area contributed by atoms with E-state index in [9.17, 15) is 8.42 Å². The summed E-state index contributed by atoms with van der Waals surface area (Å²) in [6, 6.07) is 9.91. The fourth-order valence-corrected chi connectivity index (χ4v) is 6.82. The molecule has 0 spiro atoms. The summed E-state index contributed by atoms with van der Waals surface area (Å²) >= 11 is 0. The van der Waals surface area contributed by atoms with Crippen LogP contribution in [0, 0.1) is 5.82 Å². The number of morpholine rings is 1. The van der Waals surface area contributed by atoms with Gasteiger partial charge >= 0.3 is 0 Å². The van der Waals surface area contributed by atoms with Crippen LogP contribution in [0.1, 0.15) is 26.3 Å². The van der Waals surface area contributed by atoms with E-state index in [0.29, 0.717) is 55.5 Å². The predicted octanol–water partition coefficient (Wildman–Crippen LogP) is 3.87. The van der Waals surface area contributed by atoms with Gasteiger partial charge in [-0.25, -0.2) is 17.8 Å². The van der Waals surface area contributed by atoms with Crippen molar-refractivity contribution in [3.8, 4) is 17.1 Å². The first-order valence-electron chi connectivity index (χ1n) is 14.6. The van der Waals surface area contributed by atoms with E-state index in [-0.39, 0.29) is 16.3 Å². The Kier molecular flexibility index (Phi) is 9.21. The van der Waals surface area contributed by atoms with Crippen molar-refractivity contribution in [2.24, 2.45) is 0 Å². The number of hydrogen-bond donors (Lipinski definition) is 0. The second kappa shape index (κ2) is 12.7. The fourth-order valence-electron chi connectivity index (χ4n) is 5.50. The number of halogens is 1. The van der Waals surface area contributed by atoms with Crippen molar-refractivity contribution in [1.29, 1.82) is 0 Å². The Balaban J connectivity index is 1.34. The number of rotatable bonds is 8. The molecule has 0 radical (unpaired) electrons. The molecule has 2 aromatic heterocycles. The molecule has 0 bridgehead atoms. The Hall–Kier alpha value is -3.32. The van der Waals surface area contributed by atoms with E-state index in [2.05, 4.69) is 40.5 Å². The summed E-state index contributed by atoms with van der Waals surface area (Å²) in [6.07, 6.45) is 3.09. The monoisotopic (exact) mass is 612 g/mol. The van der Waals surface area contributed by atoms with E-state index in [1.165, 1.54) is 20.4 Å². The highest BCUT2D eigenvalue weighted by molar-refractivity contribution is 7.92. The fraction of sp³-hybridized carbons (Fsp3) is 0.484. The molecule has 2 fully saturated rings. The largest absolute Gasteiger partial charge is 0.480 e. The topological polar surface area (TPSA) is 91.3 Å². The van der Waals surface area contributed by atoms with Crippen molar-refractivity contribution in [3.05, 3.63) is 60.2 Å². The van der Waals surface area contributed by atoms with Crippen molar-refractivity contribution in [2.75, 3.05) is 75.8 Å². The van der Waals surface area contributed by atoms with Crippen molar-refractivity contribution < 1.29 is 22.3 Å². The lowest BCUT2D eigenvalue weighted by Gasteiger charge is -2.42. The van der Waals surface area contributed by atoms with Crippen LogP contribution in [-0.2, 0) is 21.3 Å². The summed E-state index contributed by atoms with van der Waals surface area (Å²) in [4.78, 5) is 15.4. The Labute approximate surface area is 254 Å². The molecule has 4 heterocycles. The molecule has 0 N–H and O–H groups in total. The molecular formula is C31H41FN6O4S. The van der Waals surface area contributed by atoms with Gasteiger partial charge in [-0.3, -0.25) is 19.1 Å². The lowest BCUT2D eigenvalue weighted by atomic mass is 10.0. The maximum Gasteiger partial charge on any atom is 0.269 e. The summed E-state index contributed by atoms with van der Waals surface area (Å²) in [5, 5.41) is 0. The van der Waals surface area contributed by atoms with Crippen LogP contribution in [0.15, 0.2) is 53.7 Å². The van der Waals surface area contributed by atoms with Crippen LogP contribution in [0.5, 0.6) is 5.88 Å². The van der Waals surface area contributed by atoms with E-state index in [4.69, 9.17) is 9.47 Å². The third kappa shape index (κ3) is 6.93. The van der Waals surface area contributed by atoms with Crippen LogP contribution in [-0.4, -0.2) is 100 Å². The average molecular weight is 613 g/mol. The van der Waals surface area contributed by atoms with Gasteiger partial charge < -0.3 is 14.4 Å². The molecule has 0 atom stereocenters. The van der Waals surface area contributed by atoms with Crippen LogP contribution in [0.2, 0.25) is 0 Å². The Morgan fingerprint density at radius 3 is 2.37 bits per heavy atom. The number of aromatic nitrogens is 2. The normalized spacial score (nSPS) is 17.2. The zero-order chi connectivity index (χ0) is 30.8. The summed E-state index contributed by atoms with van der Waals surface area (Å²) in [5.41, 5.74) is 2.69.